The average molecular weight is 392 g/mol. The Balaban J connectivity index is 1.56. The van der Waals surface area contributed by atoms with Crippen LogP contribution >= 0.6 is 0 Å². The highest BCUT2D eigenvalue weighted by Gasteiger charge is 2.09. The Labute approximate surface area is 167 Å². The van der Waals surface area contributed by atoms with Gasteiger partial charge in [-0.1, -0.05) is 24.3 Å². The number of amides is 1. The molecule has 1 amide bonds. The number of nitro groups is 1. The molecule has 0 spiro atoms. The summed E-state index contributed by atoms with van der Waals surface area (Å²) in [7, 11) is 3.92. The van der Waals surface area contributed by atoms with Crippen molar-refractivity contribution < 1.29 is 9.72 Å². The van der Waals surface area contributed by atoms with Crippen LogP contribution in [-0.2, 0) is 6.54 Å². The lowest BCUT2D eigenvalue weighted by Gasteiger charge is -2.11. The Morgan fingerprint density at radius 3 is 2.48 bits per heavy atom. The average Bonchev–Trinajstić information content (AvgIpc) is 3.17. The topological polar surface area (TPSA) is 106 Å². The number of non-ortho nitro benzene ring substituents is 1. The number of carbonyl (C=O) groups excluding carboxylic acids is 1. The molecular weight excluding hydrogens is 372 g/mol. The van der Waals surface area contributed by atoms with Crippen molar-refractivity contribution in [2.24, 2.45) is 5.10 Å². The lowest BCUT2D eigenvalue weighted by molar-refractivity contribution is -0.384. The number of hydrazone groups is 1. The first kappa shape index (κ1) is 19.7. The number of nitrogens with one attached hydrogen (secondary N) is 1. The molecule has 0 saturated heterocycles. The Morgan fingerprint density at radius 2 is 1.86 bits per heavy atom. The van der Waals surface area contributed by atoms with Crippen LogP contribution in [0.15, 0.2) is 65.9 Å². The number of hydrogen-bond acceptors (Lipinski definition) is 6. The minimum absolute atomic E-state index is 0.0310. The third kappa shape index (κ3) is 5.25. The van der Waals surface area contributed by atoms with Crippen LogP contribution in [0.5, 0.6) is 0 Å². The van der Waals surface area contributed by atoms with Gasteiger partial charge in [-0.05, 0) is 29.3 Å². The SMILES string of the molecule is CN(C)c1ccc(C=NNC(=O)c2ccn(Cc3ccc([N+](=O)[O-])cc3)n2)cc1. The molecule has 1 N–H and O–H groups in total. The van der Waals surface area contributed by atoms with Gasteiger partial charge in [0.05, 0.1) is 17.7 Å². The number of carbonyl (C=O) groups is 1. The normalized spacial score (nSPS) is 10.8. The highest BCUT2D eigenvalue weighted by molar-refractivity contribution is 5.93. The van der Waals surface area contributed by atoms with E-state index in [9.17, 15) is 14.9 Å². The lowest BCUT2D eigenvalue weighted by Crippen LogP contribution is -2.18. The second-order valence-electron chi connectivity index (χ2n) is 6.51. The van der Waals surface area contributed by atoms with Gasteiger partial charge in [0.1, 0.15) is 0 Å². The summed E-state index contributed by atoms with van der Waals surface area (Å²) in [6.45, 7) is 0.396. The van der Waals surface area contributed by atoms with Gasteiger partial charge in [0.15, 0.2) is 5.69 Å². The Kier molecular flexibility index (Phi) is 5.98. The minimum atomic E-state index is -0.447. The van der Waals surface area contributed by atoms with Crippen LogP contribution in [0, 0.1) is 10.1 Å². The maximum atomic E-state index is 12.2. The third-order valence-corrected chi connectivity index (χ3v) is 4.15. The zero-order valence-corrected chi connectivity index (χ0v) is 16.0. The molecule has 9 nitrogen and oxygen atoms in total. The summed E-state index contributed by atoms with van der Waals surface area (Å²) in [5, 5.41) is 18.9. The fourth-order valence-corrected chi connectivity index (χ4v) is 2.56. The van der Waals surface area contributed by atoms with Crippen LogP contribution in [0.3, 0.4) is 0 Å². The zero-order valence-electron chi connectivity index (χ0n) is 16.0. The maximum absolute atomic E-state index is 12.2. The van der Waals surface area contributed by atoms with E-state index in [2.05, 4.69) is 15.6 Å². The summed E-state index contributed by atoms with van der Waals surface area (Å²) < 4.78 is 1.58. The highest BCUT2D eigenvalue weighted by atomic mass is 16.6. The number of aromatic nitrogens is 2. The Hall–Kier alpha value is -4.01. The molecule has 29 heavy (non-hydrogen) atoms. The molecule has 0 aliphatic carbocycles. The van der Waals surface area contributed by atoms with Crippen LogP contribution in [-0.4, -0.2) is 40.9 Å². The van der Waals surface area contributed by atoms with Gasteiger partial charge in [0.2, 0.25) is 0 Å². The number of hydrogen-bond donors (Lipinski definition) is 1. The maximum Gasteiger partial charge on any atom is 0.291 e. The minimum Gasteiger partial charge on any atom is -0.378 e. The molecule has 1 heterocycles. The smallest absolute Gasteiger partial charge is 0.291 e. The summed E-state index contributed by atoms with van der Waals surface area (Å²) >= 11 is 0. The van der Waals surface area contributed by atoms with E-state index in [1.54, 1.807) is 35.3 Å². The van der Waals surface area contributed by atoms with E-state index >= 15 is 0 Å². The van der Waals surface area contributed by atoms with Gasteiger partial charge in [-0.25, -0.2) is 5.43 Å². The van der Waals surface area contributed by atoms with E-state index in [0.29, 0.717) is 6.54 Å². The van der Waals surface area contributed by atoms with Gasteiger partial charge in [-0.3, -0.25) is 19.6 Å². The van der Waals surface area contributed by atoms with E-state index in [4.69, 9.17) is 0 Å². The first-order valence-corrected chi connectivity index (χ1v) is 8.80. The molecule has 3 aromatic rings. The lowest BCUT2D eigenvalue weighted by atomic mass is 10.2. The second-order valence-corrected chi connectivity index (χ2v) is 6.51. The molecule has 0 saturated carbocycles. The molecule has 0 radical (unpaired) electrons. The van der Waals surface area contributed by atoms with E-state index in [-0.39, 0.29) is 11.4 Å². The van der Waals surface area contributed by atoms with Gasteiger partial charge in [-0.15, -0.1) is 0 Å². The highest BCUT2D eigenvalue weighted by Crippen LogP contribution is 2.13. The van der Waals surface area contributed by atoms with E-state index in [0.717, 1.165) is 16.8 Å². The van der Waals surface area contributed by atoms with Crippen LogP contribution < -0.4 is 10.3 Å². The number of nitrogens with zero attached hydrogens (tertiary/aromatic N) is 5. The number of rotatable bonds is 7. The molecule has 0 unspecified atom stereocenters. The van der Waals surface area contributed by atoms with Crippen molar-refractivity contribution >= 4 is 23.5 Å². The summed E-state index contributed by atoms with van der Waals surface area (Å²) in [4.78, 5) is 24.4. The summed E-state index contributed by atoms with van der Waals surface area (Å²) in [5.74, 6) is -0.423. The third-order valence-electron chi connectivity index (χ3n) is 4.15. The molecule has 0 aliphatic heterocycles. The summed E-state index contributed by atoms with van der Waals surface area (Å²) in [6.07, 6.45) is 3.23. The second kappa shape index (κ2) is 8.79. The fraction of sp³-hybridized carbons (Fsp3) is 0.150. The van der Waals surface area contributed by atoms with Crippen molar-refractivity contribution in [2.75, 3.05) is 19.0 Å². The Morgan fingerprint density at radius 1 is 1.17 bits per heavy atom. The molecule has 0 atom stereocenters. The van der Waals surface area contributed by atoms with Gasteiger partial charge < -0.3 is 4.90 Å². The first-order chi connectivity index (χ1) is 13.9. The Bertz CT molecular complexity index is 1020. The molecule has 148 valence electrons. The number of anilines is 1. The van der Waals surface area contributed by atoms with E-state index in [1.807, 2.05) is 43.3 Å². The predicted octanol–water partition coefficient (Wildman–Crippen LogP) is 2.67. The zero-order chi connectivity index (χ0) is 20.8. The van der Waals surface area contributed by atoms with Crippen molar-refractivity contribution in [1.29, 1.82) is 0 Å². The fourth-order valence-electron chi connectivity index (χ4n) is 2.56. The number of benzene rings is 2. The first-order valence-electron chi connectivity index (χ1n) is 8.80. The molecular formula is C20H20N6O3. The van der Waals surface area contributed by atoms with E-state index < -0.39 is 10.8 Å². The van der Waals surface area contributed by atoms with Crippen LogP contribution in [0.1, 0.15) is 21.6 Å². The molecule has 0 bridgehead atoms. The van der Waals surface area contributed by atoms with Crippen molar-refractivity contribution in [1.82, 2.24) is 15.2 Å². The molecule has 0 aliphatic rings. The molecule has 2 aromatic carbocycles. The monoisotopic (exact) mass is 392 g/mol. The molecule has 9 heteroatoms. The van der Waals surface area contributed by atoms with Crippen molar-refractivity contribution in [3.8, 4) is 0 Å². The van der Waals surface area contributed by atoms with E-state index in [1.165, 1.54) is 12.1 Å². The standard InChI is InChI=1S/C20H20N6O3/c1-24(2)17-7-3-15(4-8-17)13-21-22-20(27)19-11-12-25(23-19)14-16-5-9-18(10-6-16)26(28)29/h3-13H,14H2,1-2H3,(H,22,27). The van der Waals surface area contributed by atoms with Gasteiger partial charge in [-0.2, -0.15) is 10.2 Å². The molecule has 0 fully saturated rings. The van der Waals surface area contributed by atoms with Gasteiger partial charge in [0, 0.05) is 38.1 Å². The van der Waals surface area contributed by atoms with Gasteiger partial charge >= 0.3 is 0 Å². The predicted molar refractivity (Wildman–Crippen MR) is 110 cm³/mol. The van der Waals surface area contributed by atoms with Crippen molar-refractivity contribution in [3.05, 3.63) is 87.7 Å². The largest absolute Gasteiger partial charge is 0.378 e. The van der Waals surface area contributed by atoms with Crippen molar-refractivity contribution in [3.63, 3.8) is 0 Å². The van der Waals surface area contributed by atoms with Crippen LogP contribution in [0.4, 0.5) is 11.4 Å². The quantitative estimate of drug-likeness (QED) is 0.378. The molecule has 1 aromatic heterocycles. The molecule has 3 rings (SSSR count). The summed E-state index contributed by atoms with van der Waals surface area (Å²) in [5.41, 5.74) is 5.48. The van der Waals surface area contributed by atoms with Crippen LogP contribution in [0.25, 0.3) is 0 Å². The van der Waals surface area contributed by atoms with Gasteiger partial charge in [0.25, 0.3) is 11.6 Å². The number of nitro benzene ring substituents is 1. The van der Waals surface area contributed by atoms with Crippen molar-refractivity contribution in [2.45, 2.75) is 6.54 Å². The summed E-state index contributed by atoms with van der Waals surface area (Å²) in [6, 6.07) is 15.5. The van der Waals surface area contributed by atoms with Crippen LogP contribution in [0.2, 0.25) is 0 Å².